The molecule has 1 aromatic heterocycles. The van der Waals surface area contributed by atoms with E-state index in [4.69, 9.17) is 4.98 Å². The van der Waals surface area contributed by atoms with E-state index in [9.17, 15) is 4.79 Å². The number of nitrogens with zero attached hydrogens (tertiary/aromatic N) is 2. The first kappa shape index (κ1) is 19.2. The topological polar surface area (TPSA) is 46.9 Å². The van der Waals surface area contributed by atoms with Gasteiger partial charge in [0.15, 0.2) is 0 Å². The SMILES string of the molecule is CCCn1c(CCCCCNC(=O)Cc2ccccc2)nc2ccccc21. The highest BCUT2D eigenvalue weighted by Crippen LogP contribution is 2.18. The number of rotatable bonds is 10. The van der Waals surface area contributed by atoms with Crippen molar-refractivity contribution in [3.05, 3.63) is 66.0 Å². The molecular weight excluding hydrogens is 334 g/mol. The van der Waals surface area contributed by atoms with Crippen LogP contribution in [0.3, 0.4) is 0 Å². The number of carbonyl (C=O) groups is 1. The predicted octanol–water partition coefficient (Wildman–Crippen LogP) is 4.52. The van der Waals surface area contributed by atoms with Crippen molar-refractivity contribution in [2.75, 3.05) is 6.54 Å². The zero-order valence-corrected chi connectivity index (χ0v) is 16.2. The van der Waals surface area contributed by atoms with Crippen LogP contribution in [0, 0.1) is 0 Å². The van der Waals surface area contributed by atoms with Crippen LogP contribution in [0.2, 0.25) is 0 Å². The Morgan fingerprint density at radius 1 is 1.00 bits per heavy atom. The molecule has 0 aliphatic rings. The van der Waals surface area contributed by atoms with E-state index < -0.39 is 0 Å². The van der Waals surface area contributed by atoms with Crippen molar-refractivity contribution in [2.24, 2.45) is 0 Å². The number of hydrogen-bond acceptors (Lipinski definition) is 2. The lowest BCUT2D eigenvalue weighted by Gasteiger charge is -2.08. The molecule has 0 radical (unpaired) electrons. The quantitative estimate of drug-likeness (QED) is 0.538. The molecule has 0 spiro atoms. The van der Waals surface area contributed by atoms with Crippen LogP contribution in [-0.4, -0.2) is 22.0 Å². The van der Waals surface area contributed by atoms with Crippen LogP contribution in [0.4, 0.5) is 0 Å². The first-order valence-electron chi connectivity index (χ1n) is 10.0. The van der Waals surface area contributed by atoms with Gasteiger partial charge >= 0.3 is 0 Å². The Labute approximate surface area is 161 Å². The molecular formula is C23H29N3O. The van der Waals surface area contributed by atoms with Crippen LogP contribution >= 0.6 is 0 Å². The fourth-order valence-corrected chi connectivity index (χ4v) is 3.45. The highest BCUT2D eigenvalue weighted by molar-refractivity contribution is 5.78. The van der Waals surface area contributed by atoms with Crippen molar-refractivity contribution in [1.82, 2.24) is 14.9 Å². The minimum Gasteiger partial charge on any atom is -0.356 e. The Morgan fingerprint density at radius 2 is 1.78 bits per heavy atom. The predicted molar refractivity (Wildman–Crippen MR) is 111 cm³/mol. The maximum absolute atomic E-state index is 12.0. The number of aromatic nitrogens is 2. The molecule has 0 fully saturated rings. The minimum absolute atomic E-state index is 0.103. The molecule has 2 aromatic carbocycles. The van der Waals surface area contributed by atoms with Crippen molar-refractivity contribution in [1.29, 1.82) is 0 Å². The molecule has 27 heavy (non-hydrogen) atoms. The van der Waals surface area contributed by atoms with Crippen LogP contribution in [-0.2, 0) is 24.2 Å². The third-order valence-corrected chi connectivity index (χ3v) is 4.79. The number of unbranched alkanes of at least 4 members (excludes halogenated alkanes) is 2. The minimum atomic E-state index is 0.103. The van der Waals surface area contributed by atoms with Crippen molar-refractivity contribution in [2.45, 2.75) is 52.0 Å². The number of hydrogen-bond donors (Lipinski definition) is 1. The van der Waals surface area contributed by atoms with Gasteiger partial charge in [0.1, 0.15) is 5.82 Å². The van der Waals surface area contributed by atoms with Gasteiger partial charge in [0.25, 0.3) is 0 Å². The average Bonchev–Trinajstić information content (AvgIpc) is 3.03. The lowest BCUT2D eigenvalue weighted by molar-refractivity contribution is -0.120. The molecule has 0 aliphatic heterocycles. The van der Waals surface area contributed by atoms with E-state index in [1.54, 1.807) is 0 Å². The largest absolute Gasteiger partial charge is 0.356 e. The summed E-state index contributed by atoms with van der Waals surface area (Å²) in [7, 11) is 0. The number of imidazole rings is 1. The Kier molecular flexibility index (Phi) is 7.03. The summed E-state index contributed by atoms with van der Waals surface area (Å²) in [6, 6.07) is 18.3. The molecule has 142 valence electrons. The van der Waals surface area contributed by atoms with E-state index >= 15 is 0 Å². The monoisotopic (exact) mass is 363 g/mol. The maximum atomic E-state index is 12.0. The zero-order chi connectivity index (χ0) is 18.9. The van der Waals surface area contributed by atoms with Crippen molar-refractivity contribution >= 4 is 16.9 Å². The molecule has 0 atom stereocenters. The molecule has 3 rings (SSSR count). The Morgan fingerprint density at radius 3 is 2.59 bits per heavy atom. The van der Waals surface area contributed by atoms with Gasteiger partial charge in [0, 0.05) is 19.5 Å². The molecule has 4 heteroatoms. The lowest BCUT2D eigenvalue weighted by Crippen LogP contribution is -2.26. The fraction of sp³-hybridized carbons (Fsp3) is 0.391. The van der Waals surface area contributed by atoms with Gasteiger partial charge in [0.05, 0.1) is 17.5 Å². The molecule has 3 aromatic rings. The third kappa shape index (κ3) is 5.43. The third-order valence-electron chi connectivity index (χ3n) is 4.79. The van der Waals surface area contributed by atoms with Crippen LogP contribution in [0.15, 0.2) is 54.6 Å². The first-order chi connectivity index (χ1) is 13.3. The Hall–Kier alpha value is -2.62. The fourth-order valence-electron chi connectivity index (χ4n) is 3.45. The second-order valence-electron chi connectivity index (χ2n) is 6.99. The van der Waals surface area contributed by atoms with Gasteiger partial charge in [-0.05, 0) is 37.0 Å². The summed E-state index contributed by atoms with van der Waals surface area (Å²) in [5, 5.41) is 3.02. The molecule has 4 nitrogen and oxygen atoms in total. The summed E-state index contributed by atoms with van der Waals surface area (Å²) < 4.78 is 2.36. The molecule has 1 amide bonds. The van der Waals surface area contributed by atoms with Crippen molar-refractivity contribution in [3.63, 3.8) is 0 Å². The van der Waals surface area contributed by atoms with Gasteiger partial charge in [-0.2, -0.15) is 0 Å². The van der Waals surface area contributed by atoms with Gasteiger partial charge < -0.3 is 9.88 Å². The summed E-state index contributed by atoms with van der Waals surface area (Å²) >= 11 is 0. The molecule has 0 unspecified atom stereocenters. The van der Waals surface area contributed by atoms with Crippen LogP contribution in [0.25, 0.3) is 11.0 Å². The summed E-state index contributed by atoms with van der Waals surface area (Å²) in [5.41, 5.74) is 3.39. The summed E-state index contributed by atoms with van der Waals surface area (Å²) in [4.78, 5) is 16.8. The number of fused-ring (bicyclic) bond motifs is 1. The first-order valence-corrected chi connectivity index (χ1v) is 10.0. The van der Waals surface area contributed by atoms with Gasteiger partial charge in [0.2, 0.25) is 5.91 Å². The number of nitrogens with one attached hydrogen (secondary N) is 1. The second kappa shape index (κ2) is 9.91. The van der Waals surface area contributed by atoms with Gasteiger partial charge in [-0.15, -0.1) is 0 Å². The number of para-hydroxylation sites is 2. The highest BCUT2D eigenvalue weighted by atomic mass is 16.1. The van der Waals surface area contributed by atoms with E-state index in [1.807, 2.05) is 36.4 Å². The molecule has 1 heterocycles. The van der Waals surface area contributed by atoms with Crippen molar-refractivity contribution in [3.8, 4) is 0 Å². The standard InChI is InChI=1S/C23H29N3O/c1-2-17-26-21-14-9-8-13-20(21)25-22(26)15-7-4-10-16-24-23(27)18-19-11-5-3-6-12-19/h3,5-6,8-9,11-14H,2,4,7,10,15-18H2,1H3,(H,24,27). The summed E-state index contributed by atoms with van der Waals surface area (Å²) in [6.45, 7) is 3.97. The van der Waals surface area contributed by atoms with Gasteiger partial charge in [-0.1, -0.05) is 55.8 Å². The Bertz CT molecular complexity index is 854. The van der Waals surface area contributed by atoms with Crippen molar-refractivity contribution < 1.29 is 4.79 Å². The van der Waals surface area contributed by atoms with Crippen LogP contribution in [0.1, 0.15) is 44.0 Å². The van der Waals surface area contributed by atoms with Crippen LogP contribution < -0.4 is 5.32 Å². The number of benzene rings is 2. The second-order valence-corrected chi connectivity index (χ2v) is 6.99. The van der Waals surface area contributed by atoms with E-state index in [0.717, 1.165) is 56.3 Å². The molecule has 0 saturated carbocycles. The maximum Gasteiger partial charge on any atom is 0.224 e. The van der Waals surface area contributed by atoms with E-state index in [1.165, 1.54) is 11.3 Å². The van der Waals surface area contributed by atoms with E-state index in [2.05, 4.69) is 35.0 Å². The summed E-state index contributed by atoms with van der Waals surface area (Å²) in [5.74, 6) is 1.29. The number of aryl methyl sites for hydroxylation is 2. The normalized spacial score (nSPS) is 11.0. The Balaban J connectivity index is 1.40. The number of carbonyl (C=O) groups excluding carboxylic acids is 1. The van der Waals surface area contributed by atoms with E-state index in [0.29, 0.717) is 6.42 Å². The molecule has 0 aliphatic carbocycles. The van der Waals surface area contributed by atoms with Crippen LogP contribution in [0.5, 0.6) is 0 Å². The molecule has 0 bridgehead atoms. The van der Waals surface area contributed by atoms with Gasteiger partial charge in [-0.25, -0.2) is 4.98 Å². The molecule has 1 N–H and O–H groups in total. The number of amides is 1. The summed E-state index contributed by atoms with van der Waals surface area (Å²) in [6.07, 6.45) is 5.77. The van der Waals surface area contributed by atoms with Gasteiger partial charge in [-0.3, -0.25) is 4.79 Å². The molecule has 0 saturated heterocycles. The van der Waals surface area contributed by atoms with E-state index in [-0.39, 0.29) is 5.91 Å². The lowest BCUT2D eigenvalue weighted by atomic mass is 10.1. The highest BCUT2D eigenvalue weighted by Gasteiger charge is 2.09. The average molecular weight is 364 g/mol. The zero-order valence-electron chi connectivity index (χ0n) is 16.2. The smallest absolute Gasteiger partial charge is 0.224 e.